The molecular weight excluding hydrogens is 268 g/mol. The Kier molecular flexibility index (Phi) is 3.18. The molecule has 0 aliphatic heterocycles. The maximum absolute atomic E-state index is 12.6. The third kappa shape index (κ3) is 1.88. The molecule has 0 radical (unpaired) electrons. The first-order valence-corrected chi connectivity index (χ1v) is 7.10. The molecule has 1 atom stereocenters. The third-order valence-electron chi connectivity index (χ3n) is 3.87. The van der Waals surface area contributed by atoms with Gasteiger partial charge in [0.15, 0.2) is 4.77 Å². The highest BCUT2D eigenvalue weighted by Gasteiger charge is 2.25. The minimum absolute atomic E-state index is 0.00463. The van der Waals surface area contributed by atoms with Crippen LogP contribution in [0, 0.1) is 4.77 Å². The number of rotatable bonds is 2. The van der Waals surface area contributed by atoms with Crippen molar-refractivity contribution in [3.63, 3.8) is 0 Å². The fourth-order valence-corrected chi connectivity index (χ4v) is 3.16. The third-order valence-corrected chi connectivity index (χ3v) is 4.19. The van der Waals surface area contributed by atoms with E-state index >= 15 is 0 Å². The number of nitrogens with one attached hydrogen (secondary N) is 1. The molecule has 0 spiro atoms. The quantitative estimate of drug-likeness (QED) is 0.678. The molecule has 3 rings (SSSR count). The highest BCUT2D eigenvalue weighted by atomic mass is 32.1. The second-order valence-corrected chi connectivity index (χ2v) is 5.57. The summed E-state index contributed by atoms with van der Waals surface area (Å²) in [7, 11) is 0. The van der Waals surface area contributed by atoms with E-state index in [1.807, 2.05) is 18.2 Å². The van der Waals surface area contributed by atoms with Gasteiger partial charge in [0.25, 0.3) is 5.56 Å². The van der Waals surface area contributed by atoms with E-state index in [0.29, 0.717) is 17.2 Å². The van der Waals surface area contributed by atoms with Gasteiger partial charge < -0.3 is 4.98 Å². The number of fused-ring (bicyclic) bond motifs is 3. The normalized spacial score (nSPS) is 16.4. The lowest BCUT2D eigenvalue weighted by atomic mass is 9.82. The molecule has 1 aliphatic carbocycles. The first-order chi connectivity index (χ1) is 9.63. The monoisotopic (exact) mass is 284 g/mol. The van der Waals surface area contributed by atoms with Gasteiger partial charge in [-0.05, 0) is 30.1 Å². The summed E-state index contributed by atoms with van der Waals surface area (Å²) < 4.78 is 2.03. The maximum atomic E-state index is 12.6. The van der Waals surface area contributed by atoms with Gasteiger partial charge in [-0.25, -0.2) is 0 Å². The van der Waals surface area contributed by atoms with Crippen molar-refractivity contribution in [3.05, 3.63) is 63.2 Å². The summed E-state index contributed by atoms with van der Waals surface area (Å²) in [6.07, 6.45) is 2.44. The van der Waals surface area contributed by atoms with E-state index in [-0.39, 0.29) is 5.56 Å². The van der Waals surface area contributed by atoms with Crippen LogP contribution in [0.2, 0.25) is 0 Å². The van der Waals surface area contributed by atoms with Crippen LogP contribution in [0.3, 0.4) is 0 Å². The molecule has 0 saturated carbocycles. The first-order valence-electron chi connectivity index (χ1n) is 6.69. The predicted molar refractivity (Wildman–Crippen MR) is 83.6 cm³/mol. The number of hydrogen-bond acceptors (Lipinski definition) is 2. The smallest absolute Gasteiger partial charge is 0.258 e. The summed E-state index contributed by atoms with van der Waals surface area (Å²) in [6.45, 7) is 6.28. The molecule has 2 aromatic rings. The maximum Gasteiger partial charge on any atom is 0.258 e. The van der Waals surface area contributed by atoms with Crippen molar-refractivity contribution < 1.29 is 0 Å². The fourth-order valence-electron chi connectivity index (χ4n) is 2.90. The number of aromatic nitrogens is 2. The van der Waals surface area contributed by atoms with Crippen molar-refractivity contribution in [2.45, 2.75) is 25.8 Å². The summed E-state index contributed by atoms with van der Waals surface area (Å²) in [5.41, 5.74) is 4.08. The predicted octanol–water partition coefficient (Wildman–Crippen LogP) is 3.42. The van der Waals surface area contributed by atoms with Gasteiger partial charge in [-0.2, -0.15) is 0 Å². The summed E-state index contributed by atoms with van der Waals surface area (Å²) >= 11 is 5.31. The molecule has 0 bridgehead atoms. The summed E-state index contributed by atoms with van der Waals surface area (Å²) in [5, 5.41) is 0. The Balaban J connectivity index is 2.34. The van der Waals surface area contributed by atoms with Gasteiger partial charge in [-0.1, -0.05) is 37.3 Å². The van der Waals surface area contributed by atoms with Gasteiger partial charge >= 0.3 is 0 Å². The van der Waals surface area contributed by atoms with Gasteiger partial charge in [0, 0.05) is 17.7 Å². The molecular formula is C16H16N2OS. The van der Waals surface area contributed by atoms with Gasteiger partial charge in [0.1, 0.15) is 0 Å². The Morgan fingerprint density at radius 3 is 3.00 bits per heavy atom. The zero-order chi connectivity index (χ0) is 14.3. The van der Waals surface area contributed by atoms with E-state index in [1.165, 1.54) is 5.56 Å². The van der Waals surface area contributed by atoms with Crippen LogP contribution in [0.4, 0.5) is 0 Å². The van der Waals surface area contributed by atoms with Crippen LogP contribution < -0.4 is 5.56 Å². The Morgan fingerprint density at radius 1 is 1.50 bits per heavy atom. The average molecular weight is 284 g/mol. The van der Waals surface area contributed by atoms with Gasteiger partial charge in [-0.3, -0.25) is 9.36 Å². The number of nitrogens with zero attached hydrogens (tertiary/aromatic N) is 1. The molecule has 4 heteroatoms. The van der Waals surface area contributed by atoms with E-state index < -0.39 is 0 Å². The van der Waals surface area contributed by atoms with Crippen LogP contribution >= 0.6 is 12.2 Å². The first kappa shape index (κ1) is 13.1. The minimum atomic E-state index is 0.00463. The second kappa shape index (κ2) is 4.87. The number of hydrogen-bond donors (Lipinski definition) is 1. The van der Waals surface area contributed by atoms with Crippen LogP contribution in [0.5, 0.6) is 0 Å². The molecule has 1 aromatic carbocycles. The zero-order valence-electron chi connectivity index (χ0n) is 11.3. The van der Waals surface area contributed by atoms with Crippen molar-refractivity contribution in [2.75, 3.05) is 0 Å². The standard InChI is InChI=1S/C16H16N2OS/c1-3-8-18-15(19)13-9-10(2)11-6-4-5-7-12(11)14(13)17-16(18)20/h3-7,10H,1,8-9H2,2H3,(H,17,20). The van der Waals surface area contributed by atoms with Crippen molar-refractivity contribution in [1.82, 2.24) is 9.55 Å². The molecule has 1 unspecified atom stereocenters. The van der Waals surface area contributed by atoms with Crippen molar-refractivity contribution >= 4 is 12.2 Å². The Bertz CT molecular complexity index is 801. The minimum Gasteiger partial charge on any atom is -0.331 e. The second-order valence-electron chi connectivity index (χ2n) is 5.18. The van der Waals surface area contributed by atoms with E-state index in [0.717, 1.165) is 23.2 Å². The van der Waals surface area contributed by atoms with Gasteiger partial charge in [0.05, 0.1) is 5.69 Å². The highest BCUT2D eigenvalue weighted by molar-refractivity contribution is 7.71. The molecule has 3 nitrogen and oxygen atoms in total. The molecule has 1 N–H and O–H groups in total. The Morgan fingerprint density at radius 2 is 2.25 bits per heavy atom. The summed E-state index contributed by atoms with van der Waals surface area (Å²) in [6, 6.07) is 8.20. The fraction of sp³-hybridized carbons (Fsp3) is 0.250. The molecule has 0 amide bonds. The van der Waals surface area contributed by atoms with E-state index in [9.17, 15) is 4.79 Å². The highest BCUT2D eigenvalue weighted by Crippen LogP contribution is 2.36. The Hall–Kier alpha value is -1.94. The molecule has 20 heavy (non-hydrogen) atoms. The molecule has 1 heterocycles. The molecule has 1 aliphatic rings. The lowest BCUT2D eigenvalue weighted by Gasteiger charge is -2.25. The van der Waals surface area contributed by atoms with E-state index in [4.69, 9.17) is 12.2 Å². The molecule has 102 valence electrons. The van der Waals surface area contributed by atoms with Crippen LogP contribution in [-0.4, -0.2) is 9.55 Å². The lowest BCUT2D eigenvalue weighted by molar-refractivity contribution is 0.680. The van der Waals surface area contributed by atoms with Gasteiger partial charge in [-0.15, -0.1) is 6.58 Å². The van der Waals surface area contributed by atoms with E-state index in [2.05, 4.69) is 24.6 Å². The largest absolute Gasteiger partial charge is 0.331 e. The number of allylic oxidation sites excluding steroid dienone is 1. The number of H-pyrrole nitrogens is 1. The molecule has 0 fully saturated rings. The summed E-state index contributed by atoms with van der Waals surface area (Å²) in [4.78, 5) is 15.8. The van der Waals surface area contributed by atoms with Crippen molar-refractivity contribution in [3.8, 4) is 11.3 Å². The van der Waals surface area contributed by atoms with Gasteiger partial charge in [0.2, 0.25) is 0 Å². The average Bonchev–Trinajstić information content (AvgIpc) is 2.45. The topological polar surface area (TPSA) is 37.8 Å². The van der Waals surface area contributed by atoms with E-state index in [1.54, 1.807) is 10.6 Å². The molecule has 1 aromatic heterocycles. The summed E-state index contributed by atoms with van der Waals surface area (Å²) in [5.74, 6) is 0.341. The molecule has 0 saturated heterocycles. The van der Waals surface area contributed by atoms with Crippen molar-refractivity contribution in [2.24, 2.45) is 0 Å². The van der Waals surface area contributed by atoms with Crippen LogP contribution in [0.25, 0.3) is 11.3 Å². The SMILES string of the molecule is C=CCn1c(=S)[nH]c2c(c1=O)CC(C)c1ccccc1-2. The van der Waals surface area contributed by atoms with Crippen LogP contribution in [0.15, 0.2) is 41.7 Å². The van der Waals surface area contributed by atoms with Crippen LogP contribution in [-0.2, 0) is 13.0 Å². The lowest BCUT2D eigenvalue weighted by Crippen LogP contribution is -2.29. The number of aromatic amines is 1. The zero-order valence-corrected chi connectivity index (χ0v) is 12.2. The van der Waals surface area contributed by atoms with Crippen molar-refractivity contribution in [1.29, 1.82) is 0 Å². The Labute approximate surface area is 122 Å². The van der Waals surface area contributed by atoms with Crippen LogP contribution in [0.1, 0.15) is 24.0 Å². The number of benzene rings is 1.